The monoisotopic (exact) mass is 372 g/mol. The average molecular weight is 373 g/mol. The van der Waals surface area contributed by atoms with Crippen molar-refractivity contribution >= 4 is 33.2 Å². The first-order valence-electron chi connectivity index (χ1n) is 7.15. The Kier molecular flexibility index (Phi) is 6.44. The molecule has 2 N–H and O–H groups in total. The second-order valence-corrected chi connectivity index (χ2v) is 7.60. The molecule has 4 nitrogen and oxygen atoms in total. The van der Waals surface area contributed by atoms with Gasteiger partial charge in [-0.05, 0) is 41.9 Å². The highest BCUT2D eigenvalue weighted by Gasteiger charge is 2.14. The van der Waals surface area contributed by atoms with Crippen molar-refractivity contribution < 1.29 is 8.42 Å². The molecule has 0 atom stereocenters. The van der Waals surface area contributed by atoms with Crippen LogP contribution in [0.2, 0.25) is 10.0 Å². The Morgan fingerprint density at radius 3 is 2.30 bits per heavy atom. The summed E-state index contributed by atoms with van der Waals surface area (Å²) in [5, 5.41) is 4.13. The maximum Gasteiger partial charge on any atom is 0.240 e. The lowest BCUT2D eigenvalue weighted by molar-refractivity contribution is 0.581. The molecular weight excluding hydrogens is 355 g/mol. The Bertz CT molecular complexity index is 762. The molecule has 2 aromatic rings. The van der Waals surface area contributed by atoms with E-state index in [-0.39, 0.29) is 11.4 Å². The normalized spacial score (nSPS) is 11.6. The van der Waals surface area contributed by atoms with Gasteiger partial charge in [-0.3, -0.25) is 0 Å². The highest BCUT2D eigenvalue weighted by Crippen LogP contribution is 2.21. The van der Waals surface area contributed by atoms with Gasteiger partial charge in [-0.1, -0.05) is 48.3 Å². The quantitative estimate of drug-likeness (QED) is 0.780. The van der Waals surface area contributed by atoms with Crippen molar-refractivity contribution in [3.8, 4) is 0 Å². The molecule has 0 unspecified atom stereocenters. The highest BCUT2D eigenvalue weighted by molar-refractivity contribution is 7.89. The molecule has 0 radical (unpaired) electrons. The Morgan fingerprint density at radius 2 is 1.70 bits per heavy atom. The van der Waals surface area contributed by atoms with Crippen molar-refractivity contribution in [2.45, 2.75) is 24.9 Å². The van der Waals surface area contributed by atoms with Gasteiger partial charge in [0, 0.05) is 23.1 Å². The lowest BCUT2D eigenvalue weighted by Crippen LogP contribution is -2.23. The minimum absolute atomic E-state index is 0.109. The number of sulfonamides is 1. The van der Waals surface area contributed by atoms with Crippen molar-refractivity contribution in [2.75, 3.05) is 6.54 Å². The summed E-state index contributed by atoms with van der Waals surface area (Å²) in [6, 6.07) is 11.7. The van der Waals surface area contributed by atoms with Crippen LogP contribution in [0.25, 0.3) is 0 Å². The van der Waals surface area contributed by atoms with Gasteiger partial charge in [-0.2, -0.15) is 0 Å². The predicted molar refractivity (Wildman–Crippen MR) is 94.3 cm³/mol. The summed E-state index contributed by atoms with van der Waals surface area (Å²) in [6.45, 7) is 3.70. The Morgan fingerprint density at radius 1 is 1.00 bits per heavy atom. The standard InChI is InChI=1S/C16H18Cl2N2O2S/c1-2-19-10-12-3-7-15(8-4-12)23(21,22)20-11-13-5-6-14(17)9-16(13)18/h3-9,19-20H,2,10-11H2,1H3. The fourth-order valence-electron chi connectivity index (χ4n) is 1.98. The maximum absolute atomic E-state index is 12.3. The fourth-order valence-corrected chi connectivity index (χ4v) is 3.46. The molecule has 124 valence electrons. The second-order valence-electron chi connectivity index (χ2n) is 4.98. The third kappa shape index (κ3) is 5.19. The van der Waals surface area contributed by atoms with Crippen molar-refractivity contribution in [1.82, 2.24) is 10.0 Å². The van der Waals surface area contributed by atoms with Crippen LogP contribution in [0.5, 0.6) is 0 Å². The van der Waals surface area contributed by atoms with Gasteiger partial charge in [-0.25, -0.2) is 13.1 Å². The molecule has 0 fully saturated rings. The minimum Gasteiger partial charge on any atom is -0.313 e. The molecule has 7 heteroatoms. The average Bonchev–Trinajstić information content (AvgIpc) is 2.52. The van der Waals surface area contributed by atoms with Crippen LogP contribution in [0, 0.1) is 0 Å². The van der Waals surface area contributed by atoms with Gasteiger partial charge in [0.25, 0.3) is 0 Å². The van der Waals surface area contributed by atoms with E-state index < -0.39 is 10.0 Å². The van der Waals surface area contributed by atoms with E-state index in [0.29, 0.717) is 22.2 Å². The first kappa shape index (κ1) is 18.2. The summed E-state index contributed by atoms with van der Waals surface area (Å²) in [5.41, 5.74) is 1.70. The smallest absolute Gasteiger partial charge is 0.240 e. The zero-order valence-electron chi connectivity index (χ0n) is 12.6. The van der Waals surface area contributed by atoms with E-state index in [2.05, 4.69) is 10.0 Å². The van der Waals surface area contributed by atoms with Gasteiger partial charge in [0.2, 0.25) is 10.0 Å². The number of rotatable bonds is 7. The van der Waals surface area contributed by atoms with Gasteiger partial charge in [-0.15, -0.1) is 0 Å². The van der Waals surface area contributed by atoms with Crippen molar-refractivity contribution in [2.24, 2.45) is 0 Å². The van der Waals surface area contributed by atoms with Gasteiger partial charge in [0.15, 0.2) is 0 Å². The van der Waals surface area contributed by atoms with E-state index in [1.54, 1.807) is 42.5 Å². The number of nitrogens with one attached hydrogen (secondary N) is 2. The molecule has 0 aliphatic rings. The Hall–Kier alpha value is -1.11. The van der Waals surface area contributed by atoms with Crippen LogP contribution in [0.1, 0.15) is 18.1 Å². The van der Waals surface area contributed by atoms with E-state index in [4.69, 9.17) is 23.2 Å². The van der Waals surface area contributed by atoms with Crippen LogP contribution in [-0.4, -0.2) is 15.0 Å². The predicted octanol–water partition coefficient (Wildman–Crippen LogP) is 3.58. The molecular formula is C16H18Cl2N2O2S. The summed E-state index contributed by atoms with van der Waals surface area (Å²) in [7, 11) is -3.58. The van der Waals surface area contributed by atoms with Crippen LogP contribution < -0.4 is 10.0 Å². The molecule has 0 heterocycles. The molecule has 0 saturated carbocycles. The second kappa shape index (κ2) is 8.13. The number of halogens is 2. The number of benzene rings is 2. The van der Waals surface area contributed by atoms with E-state index in [9.17, 15) is 8.42 Å². The summed E-state index contributed by atoms with van der Waals surface area (Å²) in [4.78, 5) is 0.225. The molecule has 2 rings (SSSR count). The number of hydrogen-bond acceptors (Lipinski definition) is 3. The number of hydrogen-bond donors (Lipinski definition) is 2. The van der Waals surface area contributed by atoms with E-state index in [1.165, 1.54) is 0 Å². The maximum atomic E-state index is 12.3. The van der Waals surface area contributed by atoms with Crippen LogP contribution >= 0.6 is 23.2 Å². The van der Waals surface area contributed by atoms with Crippen LogP contribution in [0.4, 0.5) is 0 Å². The SMILES string of the molecule is CCNCc1ccc(S(=O)(=O)NCc2ccc(Cl)cc2Cl)cc1. The molecule has 0 bridgehead atoms. The molecule has 0 saturated heterocycles. The van der Waals surface area contributed by atoms with Gasteiger partial charge < -0.3 is 5.32 Å². The topological polar surface area (TPSA) is 58.2 Å². The first-order chi connectivity index (χ1) is 10.9. The van der Waals surface area contributed by atoms with Crippen LogP contribution in [-0.2, 0) is 23.1 Å². The summed E-state index contributed by atoms with van der Waals surface area (Å²) in [5.74, 6) is 0. The largest absolute Gasteiger partial charge is 0.313 e. The zero-order chi connectivity index (χ0) is 16.9. The first-order valence-corrected chi connectivity index (χ1v) is 9.39. The van der Waals surface area contributed by atoms with Crippen molar-refractivity contribution in [3.63, 3.8) is 0 Å². The molecule has 2 aromatic carbocycles. The molecule has 0 amide bonds. The van der Waals surface area contributed by atoms with E-state index in [1.807, 2.05) is 6.92 Å². The van der Waals surface area contributed by atoms with Gasteiger partial charge >= 0.3 is 0 Å². The van der Waals surface area contributed by atoms with Crippen LogP contribution in [0.15, 0.2) is 47.4 Å². The fraction of sp³-hybridized carbons (Fsp3) is 0.250. The molecule has 23 heavy (non-hydrogen) atoms. The Labute approximate surface area is 146 Å². The Balaban J connectivity index is 2.06. The molecule has 0 spiro atoms. The molecule has 0 aliphatic heterocycles. The van der Waals surface area contributed by atoms with Gasteiger partial charge in [0.05, 0.1) is 4.90 Å². The lowest BCUT2D eigenvalue weighted by Gasteiger charge is -2.09. The third-order valence-electron chi connectivity index (χ3n) is 3.28. The van der Waals surface area contributed by atoms with Crippen molar-refractivity contribution in [1.29, 1.82) is 0 Å². The minimum atomic E-state index is -3.58. The highest BCUT2D eigenvalue weighted by atomic mass is 35.5. The van der Waals surface area contributed by atoms with E-state index in [0.717, 1.165) is 12.1 Å². The van der Waals surface area contributed by atoms with Crippen molar-refractivity contribution in [3.05, 3.63) is 63.6 Å². The zero-order valence-corrected chi connectivity index (χ0v) is 15.0. The summed E-state index contributed by atoms with van der Waals surface area (Å²) < 4.78 is 27.2. The van der Waals surface area contributed by atoms with E-state index >= 15 is 0 Å². The van der Waals surface area contributed by atoms with Crippen LogP contribution in [0.3, 0.4) is 0 Å². The lowest BCUT2D eigenvalue weighted by atomic mass is 10.2. The summed E-state index contributed by atoms with van der Waals surface area (Å²) in [6.07, 6.45) is 0. The third-order valence-corrected chi connectivity index (χ3v) is 5.28. The molecule has 0 aromatic heterocycles. The summed E-state index contributed by atoms with van der Waals surface area (Å²) >= 11 is 11.9. The van der Waals surface area contributed by atoms with Gasteiger partial charge in [0.1, 0.15) is 0 Å². The molecule has 0 aliphatic carbocycles.